The molecule has 0 saturated heterocycles. The van der Waals surface area contributed by atoms with Gasteiger partial charge in [-0.3, -0.25) is 0 Å². The summed E-state index contributed by atoms with van der Waals surface area (Å²) in [6.45, 7) is 1.40. The Balaban J connectivity index is 2.31. The highest BCUT2D eigenvalue weighted by Gasteiger charge is 2.14. The van der Waals surface area contributed by atoms with E-state index in [9.17, 15) is 4.79 Å². The number of nitrogens with zero attached hydrogens (tertiary/aromatic N) is 2. The van der Waals surface area contributed by atoms with Gasteiger partial charge in [-0.15, -0.1) is 5.10 Å². The van der Waals surface area contributed by atoms with Gasteiger partial charge in [0.25, 0.3) is 0 Å². The van der Waals surface area contributed by atoms with E-state index in [4.69, 9.17) is 14.6 Å². The van der Waals surface area contributed by atoms with Crippen molar-refractivity contribution in [2.75, 3.05) is 26.9 Å². The van der Waals surface area contributed by atoms with E-state index in [2.05, 4.69) is 15.4 Å². The van der Waals surface area contributed by atoms with E-state index < -0.39 is 5.97 Å². The third-order valence-corrected chi connectivity index (χ3v) is 1.74. The number of H-pyrrole nitrogens is 1. The van der Waals surface area contributed by atoms with Gasteiger partial charge in [0.1, 0.15) is 0 Å². The third kappa shape index (κ3) is 3.64. The number of ether oxygens (including phenoxy) is 2. The normalized spacial score (nSPS) is 10.5. The molecule has 0 spiro atoms. The summed E-state index contributed by atoms with van der Waals surface area (Å²) >= 11 is 0. The topological polar surface area (TPSA) is 97.3 Å². The monoisotopic (exact) mass is 215 g/mol. The molecule has 2 N–H and O–H groups in total. The summed E-state index contributed by atoms with van der Waals surface area (Å²) in [5, 5.41) is 18.2. The summed E-state index contributed by atoms with van der Waals surface area (Å²) in [5.74, 6) is -1.09. The van der Waals surface area contributed by atoms with Gasteiger partial charge in [-0.2, -0.15) is 10.3 Å². The second-order valence-electron chi connectivity index (χ2n) is 2.78. The molecule has 1 heterocycles. The first kappa shape index (κ1) is 11.6. The molecule has 0 aliphatic rings. The fraction of sp³-hybridized carbons (Fsp3) is 0.625. The van der Waals surface area contributed by atoms with Crippen molar-refractivity contribution < 1.29 is 19.4 Å². The summed E-state index contributed by atoms with van der Waals surface area (Å²) in [4.78, 5) is 10.6. The highest BCUT2D eigenvalue weighted by molar-refractivity contribution is 5.86. The molecule has 0 amide bonds. The van der Waals surface area contributed by atoms with Crippen LogP contribution in [0, 0.1) is 0 Å². The quantitative estimate of drug-likeness (QED) is 0.606. The van der Waals surface area contributed by atoms with E-state index in [0.717, 1.165) is 0 Å². The highest BCUT2D eigenvalue weighted by Crippen LogP contribution is 2.01. The average molecular weight is 215 g/mol. The van der Waals surface area contributed by atoms with Crippen LogP contribution in [0.15, 0.2) is 0 Å². The molecule has 0 radical (unpaired) electrons. The molecule has 1 rings (SSSR count). The lowest BCUT2D eigenvalue weighted by Gasteiger charge is -2.01. The first-order chi connectivity index (χ1) is 7.25. The summed E-state index contributed by atoms with van der Waals surface area (Å²) in [6, 6.07) is 0. The minimum absolute atomic E-state index is 0.0506. The molecular weight excluding hydrogens is 202 g/mol. The molecule has 7 heteroatoms. The molecule has 15 heavy (non-hydrogen) atoms. The standard InChI is InChI=1S/C8H13N3O4/c1-14-4-5-15-3-2-6-7(8(12)13)10-11-9-6/h2-5H2,1H3,(H,12,13)(H,9,10,11). The van der Waals surface area contributed by atoms with Gasteiger partial charge in [0.05, 0.1) is 25.5 Å². The van der Waals surface area contributed by atoms with Gasteiger partial charge < -0.3 is 14.6 Å². The van der Waals surface area contributed by atoms with Crippen LogP contribution in [0.2, 0.25) is 0 Å². The van der Waals surface area contributed by atoms with Crippen molar-refractivity contribution >= 4 is 5.97 Å². The zero-order valence-corrected chi connectivity index (χ0v) is 8.39. The lowest BCUT2D eigenvalue weighted by molar-refractivity contribution is 0.0677. The Labute approximate surface area is 86.4 Å². The van der Waals surface area contributed by atoms with E-state index >= 15 is 0 Å². The number of carboxylic acids is 1. The van der Waals surface area contributed by atoms with Crippen LogP contribution in [0.5, 0.6) is 0 Å². The van der Waals surface area contributed by atoms with Gasteiger partial charge in [-0.25, -0.2) is 4.79 Å². The van der Waals surface area contributed by atoms with Gasteiger partial charge in [-0.1, -0.05) is 0 Å². The summed E-state index contributed by atoms with van der Waals surface area (Å²) in [6.07, 6.45) is 0.418. The van der Waals surface area contributed by atoms with E-state index in [1.165, 1.54) is 0 Å². The average Bonchev–Trinajstić information content (AvgIpc) is 2.66. The maximum Gasteiger partial charge on any atom is 0.358 e. The number of carboxylic acid groups (broad SMARTS) is 1. The van der Waals surface area contributed by atoms with Gasteiger partial charge in [0, 0.05) is 13.5 Å². The zero-order chi connectivity index (χ0) is 11.1. The van der Waals surface area contributed by atoms with Gasteiger partial charge >= 0.3 is 5.97 Å². The van der Waals surface area contributed by atoms with Gasteiger partial charge in [-0.05, 0) is 0 Å². The lowest BCUT2D eigenvalue weighted by Crippen LogP contribution is -2.08. The minimum Gasteiger partial charge on any atom is -0.476 e. The number of methoxy groups -OCH3 is 1. The van der Waals surface area contributed by atoms with E-state index in [1.807, 2.05) is 0 Å². The van der Waals surface area contributed by atoms with Crippen molar-refractivity contribution in [3.63, 3.8) is 0 Å². The molecule has 7 nitrogen and oxygen atoms in total. The Morgan fingerprint density at radius 3 is 2.87 bits per heavy atom. The van der Waals surface area contributed by atoms with Crippen molar-refractivity contribution in [2.45, 2.75) is 6.42 Å². The molecule has 0 saturated carbocycles. The van der Waals surface area contributed by atoms with Crippen molar-refractivity contribution in [3.8, 4) is 0 Å². The van der Waals surface area contributed by atoms with Crippen LogP contribution < -0.4 is 0 Å². The largest absolute Gasteiger partial charge is 0.476 e. The Bertz CT molecular complexity index is 313. The molecule has 0 atom stereocenters. The van der Waals surface area contributed by atoms with Crippen LogP contribution in [0.4, 0.5) is 0 Å². The molecule has 0 unspecified atom stereocenters. The number of aromatic nitrogens is 3. The third-order valence-electron chi connectivity index (χ3n) is 1.74. The maximum atomic E-state index is 10.6. The van der Waals surface area contributed by atoms with E-state index in [0.29, 0.717) is 31.9 Å². The minimum atomic E-state index is -1.09. The number of hydrogen-bond donors (Lipinski definition) is 2. The zero-order valence-electron chi connectivity index (χ0n) is 8.39. The summed E-state index contributed by atoms with van der Waals surface area (Å²) in [5.41, 5.74) is 0.352. The van der Waals surface area contributed by atoms with E-state index in [1.54, 1.807) is 7.11 Å². The Hall–Kier alpha value is -1.47. The van der Waals surface area contributed by atoms with Crippen LogP contribution in [-0.4, -0.2) is 53.4 Å². The molecule has 0 bridgehead atoms. The number of rotatable bonds is 7. The lowest BCUT2D eigenvalue weighted by atomic mass is 10.2. The Morgan fingerprint density at radius 2 is 2.20 bits per heavy atom. The molecule has 0 fully saturated rings. The first-order valence-electron chi connectivity index (χ1n) is 4.45. The van der Waals surface area contributed by atoms with Crippen LogP contribution in [-0.2, 0) is 15.9 Å². The van der Waals surface area contributed by atoms with Crippen molar-refractivity contribution in [1.82, 2.24) is 15.4 Å². The molecule has 84 valence electrons. The van der Waals surface area contributed by atoms with Crippen molar-refractivity contribution in [1.29, 1.82) is 0 Å². The molecular formula is C8H13N3O4. The van der Waals surface area contributed by atoms with Crippen molar-refractivity contribution in [3.05, 3.63) is 11.4 Å². The predicted octanol–water partition coefficient (Wildman–Crippen LogP) is -0.292. The Kier molecular flexibility index (Phi) is 4.72. The number of aromatic amines is 1. The molecule has 0 aliphatic carbocycles. The van der Waals surface area contributed by atoms with Gasteiger partial charge in [0.15, 0.2) is 5.69 Å². The number of carbonyl (C=O) groups is 1. The first-order valence-corrected chi connectivity index (χ1v) is 4.45. The van der Waals surface area contributed by atoms with E-state index in [-0.39, 0.29) is 5.69 Å². The summed E-state index contributed by atoms with van der Waals surface area (Å²) < 4.78 is 9.97. The molecule has 1 aromatic heterocycles. The fourth-order valence-corrected chi connectivity index (χ4v) is 1.01. The fourth-order valence-electron chi connectivity index (χ4n) is 1.01. The number of hydrogen-bond acceptors (Lipinski definition) is 5. The second kappa shape index (κ2) is 6.10. The van der Waals surface area contributed by atoms with Crippen LogP contribution in [0.1, 0.15) is 16.2 Å². The molecule has 0 aromatic carbocycles. The highest BCUT2D eigenvalue weighted by atomic mass is 16.5. The smallest absolute Gasteiger partial charge is 0.358 e. The second-order valence-corrected chi connectivity index (χ2v) is 2.78. The molecule has 0 aliphatic heterocycles. The van der Waals surface area contributed by atoms with Gasteiger partial charge in [0.2, 0.25) is 0 Å². The number of nitrogens with one attached hydrogen (secondary N) is 1. The summed E-state index contributed by atoms with van der Waals surface area (Å²) in [7, 11) is 1.59. The van der Waals surface area contributed by atoms with Crippen LogP contribution in [0.25, 0.3) is 0 Å². The van der Waals surface area contributed by atoms with Crippen LogP contribution >= 0.6 is 0 Å². The Morgan fingerprint density at radius 1 is 1.40 bits per heavy atom. The van der Waals surface area contributed by atoms with Crippen LogP contribution in [0.3, 0.4) is 0 Å². The maximum absolute atomic E-state index is 10.6. The van der Waals surface area contributed by atoms with Crippen molar-refractivity contribution in [2.24, 2.45) is 0 Å². The number of aromatic carboxylic acids is 1. The SMILES string of the molecule is COCCOCCc1n[nH]nc1C(=O)O. The molecule has 1 aromatic rings. The predicted molar refractivity (Wildman–Crippen MR) is 49.7 cm³/mol.